The number of carbonyl (C=O) groups excluding carboxylic acids is 1. The fourth-order valence-electron chi connectivity index (χ4n) is 2.57. The van der Waals surface area contributed by atoms with Crippen molar-refractivity contribution in [3.63, 3.8) is 0 Å². The molecule has 21 heavy (non-hydrogen) atoms. The van der Waals surface area contributed by atoms with E-state index in [2.05, 4.69) is 10.2 Å². The second-order valence-corrected chi connectivity index (χ2v) is 5.26. The lowest BCUT2D eigenvalue weighted by atomic mass is 10.2. The number of benzene rings is 1. The number of nitrogens with one attached hydrogen (secondary N) is 1. The molecule has 5 nitrogen and oxygen atoms in total. The maximum Gasteiger partial charge on any atom is 0.225 e. The lowest BCUT2D eigenvalue weighted by molar-refractivity contribution is -0.116. The minimum absolute atomic E-state index is 0.00921. The maximum atomic E-state index is 11.9. The van der Waals surface area contributed by atoms with Crippen molar-refractivity contribution in [1.82, 2.24) is 4.90 Å². The predicted octanol–water partition coefficient (Wildman–Crippen LogP) is 2.00. The number of hydrogen-bond acceptors (Lipinski definition) is 4. The second kappa shape index (κ2) is 8.00. The molecule has 0 bridgehead atoms. The van der Waals surface area contributed by atoms with E-state index in [0.29, 0.717) is 30.0 Å². The van der Waals surface area contributed by atoms with Gasteiger partial charge in [-0.05, 0) is 51.1 Å². The summed E-state index contributed by atoms with van der Waals surface area (Å²) in [4.78, 5) is 14.3. The van der Waals surface area contributed by atoms with Gasteiger partial charge in [0.1, 0.15) is 5.75 Å². The molecule has 0 saturated carbocycles. The number of carbonyl (C=O) groups is 1. The molecule has 116 valence electrons. The van der Waals surface area contributed by atoms with Gasteiger partial charge in [0.2, 0.25) is 5.91 Å². The summed E-state index contributed by atoms with van der Waals surface area (Å²) in [6, 6.07) is 5.35. The molecule has 1 aromatic carbocycles. The topological polar surface area (TPSA) is 61.8 Å². The van der Waals surface area contributed by atoms with Crippen LogP contribution in [0, 0.1) is 0 Å². The number of ether oxygens (including phenoxy) is 1. The van der Waals surface area contributed by atoms with Gasteiger partial charge in [0, 0.05) is 24.2 Å². The number of hydrogen-bond donors (Lipinski definition) is 2. The lowest BCUT2D eigenvalue weighted by Gasteiger charge is -2.14. The molecule has 0 aliphatic carbocycles. The Labute approximate surface area is 125 Å². The highest BCUT2D eigenvalue weighted by molar-refractivity contribution is 5.91. The zero-order valence-electron chi connectivity index (χ0n) is 12.6. The molecule has 0 aromatic heterocycles. The van der Waals surface area contributed by atoms with Crippen LogP contribution in [-0.4, -0.2) is 42.2 Å². The van der Waals surface area contributed by atoms with Gasteiger partial charge >= 0.3 is 0 Å². The Bertz CT molecular complexity index is 471. The minimum Gasteiger partial charge on any atom is -0.494 e. The summed E-state index contributed by atoms with van der Waals surface area (Å²) in [7, 11) is 0. The van der Waals surface area contributed by atoms with Crippen LogP contribution < -0.4 is 10.1 Å². The van der Waals surface area contributed by atoms with Gasteiger partial charge in [-0.15, -0.1) is 0 Å². The number of rotatable bonds is 7. The van der Waals surface area contributed by atoms with E-state index < -0.39 is 0 Å². The molecule has 0 unspecified atom stereocenters. The first-order valence-electron chi connectivity index (χ1n) is 7.61. The monoisotopic (exact) mass is 292 g/mol. The fraction of sp³-hybridized carbons (Fsp3) is 0.562. The molecule has 5 heteroatoms. The van der Waals surface area contributed by atoms with Crippen molar-refractivity contribution in [2.45, 2.75) is 32.8 Å². The highest BCUT2D eigenvalue weighted by Crippen LogP contribution is 2.23. The Morgan fingerprint density at radius 2 is 2.14 bits per heavy atom. The van der Waals surface area contributed by atoms with E-state index in [1.54, 1.807) is 18.2 Å². The first-order chi connectivity index (χ1) is 10.2. The van der Waals surface area contributed by atoms with Crippen LogP contribution in [0.5, 0.6) is 5.75 Å². The quantitative estimate of drug-likeness (QED) is 0.807. The number of aliphatic hydroxyl groups is 1. The van der Waals surface area contributed by atoms with Crippen molar-refractivity contribution in [2.24, 2.45) is 0 Å². The summed E-state index contributed by atoms with van der Waals surface area (Å²) < 4.78 is 5.42. The van der Waals surface area contributed by atoms with Crippen LogP contribution in [0.15, 0.2) is 18.2 Å². The molecule has 1 fully saturated rings. The van der Waals surface area contributed by atoms with Crippen LogP contribution in [0.4, 0.5) is 5.69 Å². The van der Waals surface area contributed by atoms with E-state index >= 15 is 0 Å². The van der Waals surface area contributed by atoms with Gasteiger partial charge in [-0.2, -0.15) is 0 Å². The van der Waals surface area contributed by atoms with E-state index in [4.69, 9.17) is 4.74 Å². The van der Waals surface area contributed by atoms with Crippen LogP contribution in [0.1, 0.15) is 31.7 Å². The third kappa shape index (κ3) is 4.72. The van der Waals surface area contributed by atoms with Crippen LogP contribution in [0.25, 0.3) is 0 Å². The van der Waals surface area contributed by atoms with Crippen molar-refractivity contribution >= 4 is 11.6 Å². The van der Waals surface area contributed by atoms with Crippen molar-refractivity contribution in [3.8, 4) is 5.75 Å². The van der Waals surface area contributed by atoms with Crippen LogP contribution in [0.2, 0.25) is 0 Å². The molecular formula is C16H24N2O3. The van der Waals surface area contributed by atoms with Crippen LogP contribution in [0.3, 0.4) is 0 Å². The Morgan fingerprint density at radius 3 is 2.81 bits per heavy atom. The van der Waals surface area contributed by atoms with Crippen molar-refractivity contribution in [2.75, 3.05) is 31.6 Å². The Hall–Kier alpha value is -1.59. The molecule has 1 aliphatic heterocycles. The van der Waals surface area contributed by atoms with Gasteiger partial charge in [-0.3, -0.25) is 4.79 Å². The second-order valence-electron chi connectivity index (χ2n) is 5.26. The number of amides is 1. The van der Waals surface area contributed by atoms with Gasteiger partial charge in [-0.1, -0.05) is 0 Å². The molecular weight excluding hydrogens is 268 g/mol. The van der Waals surface area contributed by atoms with E-state index in [0.717, 1.165) is 19.6 Å². The standard InChI is InChI=1S/C16H24N2O3/c1-2-21-15-6-5-14(11-13(15)12-19)17-16(20)7-10-18-8-3-4-9-18/h5-6,11,19H,2-4,7-10,12H2,1H3,(H,17,20). The summed E-state index contributed by atoms with van der Waals surface area (Å²) in [6.45, 7) is 5.36. The fourth-order valence-corrected chi connectivity index (χ4v) is 2.57. The largest absolute Gasteiger partial charge is 0.494 e. The minimum atomic E-state index is -0.104. The molecule has 2 rings (SSSR count). The third-order valence-corrected chi connectivity index (χ3v) is 3.67. The zero-order chi connectivity index (χ0) is 15.1. The third-order valence-electron chi connectivity index (χ3n) is 3.67. The first kappa shape index (κ1) is 15.8. The summed E-state index contributed by atoms with van der Waals surface area (Å²) in [5.41, 5.74) is 1.39. The molecule has 0 spiro atoms. The molecule has 2 N–H and O–H groups in total. The average molecular weight is 292 g/mol. The summed E-state index contributed by atoms with van der Waals surface area (Å²) >= 11 is 0. The highest BCUT2D eigenvalue weighted by Gasteiger charge is 2.13. The summed E-state index contributed by atoms with van der Waals surface area (Å²) in [5.74, 6) is 0.671. The van der Waals surface area contributed by atoms with Crippen molar-refractivity contribution in [1.29, 1.82) is 0 Å². The SMILES string of the molecule is CCOc1ccc(NC(=O)CCN2CCCC2)cc1CO. The Kier molecular flexibility index (Phi) is 6.02. The molecule has 1 aliphatic rings. The van der Waals surface area contributed by atoms with E-state index in [1.165, 1.54) is 12.8 Å². The number of likely N-dealkylation sites (tertiary alicyclic amines) is 1. The number of nitrogens with zero attached hydrogens (tertiary/aromatic N) is 1. The van der Waals surface area contributed by atoms with Crippen molar-refractivity contribution < 1.29 is 14.6 Å². The van der Waals surface area contributed by atoms with E-state index in [-0.39, 0.29) is 12.5 Å². The molecule has 1 amide bonds. The smallest absolute Gasteiger partial charge is 0.225 e. The lowest BCUT2D eigenvalue weighted by Crippen LogP contribution is -2.25. The van der Waals surface area contributed by atoms with E-state index in [1.807, 2.05) is 6.92 Å². The van der Waals surface area contributed by atoms with Crippen molar-refractivity contribution in [3.05, 3.63) is 23.8 Å². The predicted molar refractivity (Wildman–Crippen MR) is 82.5 cm³/mol. The maximum absolute atomic E-state index is 11.9. The van der Waals surface area contributed by atoms with Gasteiger partial charge in [0.15, 0.2) is 0 Å². The van der Waals surface area contributed by atoms with E-state index in [9.17, 15) is 9.90 Å². The van der Waals surface area contributed by atoms with Crippen LogP contribution >= 0.6 is 0 Å². The summed E-state index contributed by atoms with van der Waals surface area (Å²) in [5, 5.41) is 12.2. The first-order valence-corrected chi connectivity index (χ1v) is 7.61. The van der Waals surface area contributed by atoms with Gasteiger partial charge < -0.3 is 20.1 Å². The Balaban J connectivity index is 1.87. The number of aliphatic hydroxyl groups excluding tert-OH is 1. The molecule has 0 radical (unpaired) electrons. The van der Waals surface area contributed by atoms with Gasteiger partial charge in [0.05, 0.1) is 13.2 Å². The zero-order valence-corrected chi connectivity index (χ0v) is 12.6. The average Bonchev–Trinajstić information content (AvgIpc) is 3.00. The molecule has 1 heterocycles. The van der Waals surface area contributed by atoms with Gasteiger partial charge in [0.25, 0.3) is 0 Å². The van der Waals surface area contributed by atoms with Crippen LogP contribution in [-0.2, 0) is 11.4 Å². The molecule has 1 aromatic rings. The normalized spacial score (nSPS) is 15.1. The molecule has 1 saturated heterocycles. The highest BCUT2D eigenvalue weighted by atomic mass is 16.5. The van der Waals surface area contributed by atoms with Gasteiger partial charge in [-0.25, -0.2) is 0 Å². The Morgan fingerprint density at radius 1 is 1.38 bits per heavy atom. The summed E-state index contributed by atoms with van der Waals surface area (Å²) in [6.07, 6.45) is 2.97. The molecule has 0 atom stereocenters. The number of anilines is 1.